The third kappa shape index (κ3) is 3.29. The van der Waals surface area contributed by atoms with Crippen LogP contribution in [-0.2, 0) is 16.1 Å². The third-order valence-corrected chi connectivity index (χ3v) is 3.21. The van der Waals surface area contributed by atoms with Crippen LogP contribution in [0, 0.1) is 5.92 Å². The van der Waals surface area contributed by atoms with E-state index in [1.165, 1.54) is 6.33 Å². The van der Waals surface area contributed by atoms with Crippen LogP contribution in [0.15, 0.2) is 12.7 Å². The Morgan fingerprint density at radius 2 is 2.39 bits per heavy atom. The molecule has 1 unspecified atom stereocenters. The molecule has 2 heterocycles. The molecule has 2 rings (SSSR count). The van der Waals surface area contributed by atoms with Gasteiger partial charge in [0.05, 0.1) is 19.3 Å². The first-order valence-corrected chi connectivity index (χ1v) is 6.38. The topological polar surface area (TPSA) is 60.2 Å². The van der Waals surface area contributed by atoms with E-state index in [4.69, 9.17) is 4.74 Å². The van der Waals surface area contributed by atoms with Gasteiger partial charge in [-0.05, 0) is 5.92 Å². The molecule has 0 spiro atoms. The molecule has 0 aliphatic carbocycles. The van der Waals surface area contributed by atoms with Crippen molar-refractivity contribution in [1.29, 1.82) is 0 Å². The van der Waals surface area contributed by atoms with Crippen molar-refractivity contribution in [3.63, 3.8) is 0 Å². The molecule has 1 amide bonds. The highest BCUT2D eigenvalue weighted by molar-refractivity contribution is 5.76. The molecular formula is C12H20N4O2. The average molecular weight is 252 g/mol. The Labute approximate surface area is 107 Å². The van der Waals surface area contributed by atoms with Crippen LogP contribution in [-0.4, -0.2) is 51.4 Å². The number of hydrogen-bond donors (Lipinski definition) is 0. The van der Waals surface area contributed by atoms with Crippen LogP contribution >= 0.6 is 0 Å². The van der Waals surface area contributed by atoms with Gasteiger partial charge in [0, 0.05) is 19.5 Å². The lowest BCUT2D eigenvalue weighted by Gasteiger charge is -2.35. The van der Waals surface area contributed by atoms with Crippen LogP contribution in [0.5, 0.6) is 0 Å². The number of nitrogens with zero attached hydrogens (tertiary/aromatic N) is 4. The summed E-state index contributed by atoms with van der Waals surface area (Å²) >= 11 is 0. The van der Waals surface area contributed by atoms with Crippen molar-refractivity contribution in [1.82, 2.24) is 19.7 Å². The maximum atomic E-state index is 12.1. The Bertz CT molecular complexity index is 377. The lowest BCUT2D eigenvalue weighted by Crippen LogP contribution is -2.47. The van der Waals surface area contributed by atoms with Gasteiger partial charge in [0.2, 0.25) is 5.91 Å². The summed E-state index contributed by atoms with van der Waals surface area (Å²) in [7, 11) is 0. The Morgan fingerprint density at radius 3 is 3.06 bits per heavy atom. The minimum Gasteiger partial charge on any atom is -0.374 e. The maximum Gasteiger partial charge on any atom is 0.224 e. The minimum atomic E-state index is 0.161. The maximum absolute atomic E-state index is 12.1. The number of amides is 1. The molecule has 0 aromatic carbocycles. The molecule has 1 aliphatic rings. The largest absolute Gasteiger partial charge is 0.374 e. The van der Waals surface area contributed by atoms with Gasteiger partial charge in [-0.15, -0.1) is 0 Å². The minimum absolute atomic E-state index is 0.161. The molecule has 18 heavy (non-hydrogen) atoms. The van der Waals surface area contributed by atoms with E-state index < -0.39 is 0 Å². The quantitative estimate of drug-likeness (QED) is 0.785. The fourth-order valence-corrected chi connectivity index (χ4v) is 2.02. The molecule has 1 aliphatic heterocycles. The first kappa shape index (κ1) is 13.0. The van der Waals surface area contributed by atoms with Gasteiger partial charge >= 0.3 is 0 Å². The third-order valence-electron chi connectivity index (χ3n) is 3.21. The molecule has 0 saturated carbocycles. The SMILES string of the molecule is CC(C)C1CN(C(=O)CCn2cncn2)CCO1. The second-order valence-corrected chi connectivity index (χ2v) is 4.90. The van der Waals surface area contributed by atoms with Gasteiger partial charge in [-0.25, -0.2) is 4.98 Å². The first-order valence-electron chi connectivity index (χ1n) is 6.38. The summed E-state index contributed by atoms with van der Waals surface area (Å²) in [6, 6.07) is 0. The van der Waals surface area contributed by atoms with Gasteiger partial charge in [-0.3, -0.25) is 9.48 Å². The first-order chi connectivity index (χ1) is 8.66. The summed E-state index contributed by atoms with van der Waals surface area (Å²) in [5, 5.41) is 3.99. The highest BCUT2D eigenvalue weighted by Gasteiger charge is 2.25. The molecular weight excluding hydrogens is 232 g/mol. The molecule has 0 N–H and O–H groups in total. The van der Waals surface area contributed by atoms with Crippen LogP contribution in [0.25, 0.3) is 0 Å². The van der Waals surface area contributed by atoms with Gasteiger partial charge in [-0.1, -0.05) is 13.8 Å². The second kappa shape index (κ2) is 5.95. The van der Waals surface area contributed by atoms with E-state index in [0.29, 0.717) is 38.6 Å². The fourth-order valence-electron chi connectivity index (χ4n) is 2.02. The van der Waals surface area contributed by atoms with E-state index >= 15 is 0 Å². The van der Waals surface area contributed by atoms with Crippen molar-refractivity contribution in [2.75, 3.05) is 19.7 Å². The Kier molecular flexibility index (Phi) is 4.30. The van der Waals surface area contributed by atoms with Gasteiger partial charge in [0.25, 0.3) is 0 Å². The summed E-state index contributed by atoms with van der Waals surface area (Å²) in [4.78, 5) is 17.8. The zero-order valence-corrected chi connectivity index (χ0v) is 11.0. The number of aromatic nitrogens is 3. The molecule has 1 atom stereocenters. The summed E-state index contributed by atoms with van der Waals surface area (Å²) in [5.41, 5.74) is 0. The fraction of sp³-hybridized carbons (Fsp3) is 0.750. The van der Waals surface area contributed by atoms with Crippen molar-refractivity contribution in [3.8, 4) is 0 Å². The Hall–Kier alpha value is -1.43. The van der Waals surface area contributed by atoms with Crippen LogP contribution < -0.4 is 0 Å². The highest BCUT2D eigenvalue weighted by atomic mass is 16.5. The average Bonchev–Trinajstić information content (AvgIpc) is 2.89. The van der Waals surface area contributed by atoms with Crippen LogP contribution in [0.1, 0.15) is 20.3 Å². The lowest BCUT2D eigenvalue weighted by molar-refractivity contribution is -0.140. The van der Waals surface area contributed by atoms with Crippen molar-refractivity contribution in [2.45, 2.75) is 32.9 Å². The molecule has 1 fully saturated rings. The number of rotatable bonds is 4. The highest BCUT2D eigenvalue weighted by Crippen LogP contribution is 2.14. The molecule has 1 saturated heterocycles. The molecule has 0 bridgehead atoms. The Morgan fingerprint density at radius 1 is 1.56 bits per heavy atom. The summed E-state index contributed by atoms with van der Waals surface area (Å²) in [6.45, 7) is 6.86. The number of aryl methyl sites for hydroxylation is 1. The predicted molar refractivity (Wildman–Crippen MR) is 65.8 cm³/mol. The number of carbonyl (C=O) groups excluding carboxylic acids is 1. The van der Waals surface area contributed by atoms with Crippen LogP contribution in [0.3, 0.4) is 0 Å². The lowest BCUT2D eigenvalue weighted by atomic mass is 10.1. The molecule has 1 aromatic rings. The van der Waals surface area contributed by atoms with E-state index in [1.807, 2.05) is 4.90 Å². The second-order valence-electron chi connectivity index (χ2n) is 4.90. The van der Waals surface area contributed by atoms with Crippen LogP contribution in [0.4, 0.5) is 0 Å². The van der Waals surface area contributed by atoms with Gasteiger partial charge in [-0.2, -0.15) is 5.10 Å². The van der Waals surface area contributed by atoms with E-state index in [-0.39, 0.29) is 12.0 Å². The van der Waals surface area contributed by atoms with E-state index in [2.05, 4.69) is 23.9 Å². The number of morpholine rings is 1. The van der Waals surface area contributed by atoms with Crippen LogP contribution in [0.2, 0.25) is 0 Å². The normalized spacial score (nSPS) is 20.4. The predicted octanol–water partition coefficient (Wildman–Crippen LogP) is 0.552. The van der Waals surface area contributed by atoms with E-state index in [0.717, 1.165) is 0 Å². The molecule has 100 valence electrons. The van der Waals surface area contributed by atoms with Crippen molar-refractivity contribution in [3.05, 3.63) is 12.7 Å². The van der Waals surface area contributed by atoms with Gasteiger partial charge in [0.1, 0.15) is 12.7 Å². The van der Waals surface area contributed by atoms with Crippen molar-refractivity contribution in [2.24, 2.45) is 5.92 Å². The standard InChI is InChI=1S/C12H20N4O2/c1-10(2)11-7-15(5-6-18-11)12(17)3-4-16-9-13-8-14-16/h8-11H,3-7H2,1-2H3. The van der Waals surface area contributed by atoms with Gasteiger partial charge < -0.3 is 9.64 Å². The summed E-state index contributed by atoms with van der Waals surface area (Å²) in [5.74, 6) is 0.607. The van der Waals surface area contributed by atoms with Crippen molar-refractivity contribution < 1.29 is 9.53 Å². The number of ether oxygens (including phenoxy) is 1. The zero-order chi connectivity index (χ0) is 13.0. The number of carbonyl (C=O) groups is 1. The zero-order valence-electron chi connectivity index (χ0n) is 11.0. The summed E-state index contributed by atoms with van der Waals surface area (Å²) < 4.78 is 7.33. The molecule has 1 aromatic heterocycles. The molecule has 0 radical (unpaired) electrons. The van der Waals surface area contributed by atoms with E-state index in [9.17, 15) is 4.79 Å². The molecule has 6 nitrogen and oxygen atoms in total. The Balaban J connectivity index is 1.81. The van der Waals surface area contributed by atoms with Crippen molar-refractivity contribution >= 4 is 5.91 Å². The van der Waals surface area contributed by atoms with E-state index in [1.54, 1.807) is 11.0 Å². The number of hydrogen-bond acceptors (Lipinski definition) is 4. The van der Waals surface area contributed by atoms with Gasteiger partial charge in [0.15, 0.2) is 0 Å². The monoisotopic (exact) mass is 252 g/mol. The summed E-state index contributed by atoms with van der Waals surface area (Å²) in [6.07, 6.45) is 3.74. The smallest absolute Gasteiger partial charge is 0.224 e. The molecule has 6 heteroatoms.